The van der Waals surface area contributed by atoms with Crippen LogP contribution in [0.5, 0.6) is 0 Å². The van der Waals surface area contributed by atoms with Gasteiger partial charge in [-0.3, -0.25) is 4.90 Å². The smallest absolute Gasteiger partial charge is 0.409 e. The first-order valence-electron chi connectivity index (χ1n) is 7.07. The van der Waals surface area contributed by atoms with Gasteiger partial charge in [-0.1, -0.05) is 12.1 Å². The van der Waals surface area contributed by atoms with Crippen LogP contribution in [0.4, 0.5) is 9.18 Å². The molecular formula is C15H21FN2O2. The second-order valence-electron chi connectivity index (χ2n) is 4.90. The lowest BCUT2D eigenvalue weighted by atomic mass is 10.1. The molecule has 1 aliphatic rings. The summed E-state index contributed by atoms with van der Waals surface area (Å²) < 4.78 is 17.8. The minimum Gasteiger partial charge on any atom is -0.450 e. The predicted molar refractivity (Wildman–Crippen MR) is 75.1 cm³/mol. The van der Waals surface area contributed by atoms with E-state index < -0.39 is 0 Å². The van der Waals surface area contributed by atoms with Gasteiger partial charge >= 0.3 is 6.09 Å². The van der Waals surface area contributed by atoms with E-state index in [1.54, 1.807) is 4.90 Å². The third-order valence-electron chi connectivity index (χ3n) is 3.53. The fourth-order valence-corrected chi connectivity index (χ4v) is 2.31. The number of ether oxygens (including phenoxy) is 1. The molecule has 0 radical (unpaired) electrons. The highest BCUT2D eigenvalue weighted by molar-refractivity contribution is 5.67. The maximum absolute atomic E-state index is 12.8. The van der Waals surface area contributed by atoms with Crippen molar-refractivity contribution >= 4 is 6.09 Å². The topological polar surface area (TPSA) is 32.8 Å². The highest BCUT2D eigenvalue weighted by Crippen LogP contribution is 2.07. The molecule has 0 unspecified atom stereocenters. The van der Waals surface area contributed by atoms with E-state index in [0.717, 1.165) is 31.6 Å². The molecule has 0 aromatic heterocycles. The number of rotatable bonds is 4. The quantitative estimate of drug-likeness (QED) is 0.847. The van der Waals surface area contributed by atoms with Crippen LogP contribution in [0, 0.1) is 5.82 Å². The predicted octanol–water partition coefficient (Wildman–Crippen LogP) is 2.14. The summed E-state index contributed by atoms with van der Waals surface area (Å²) in [6.45, 7) is 6.31. The van der Waals surface area contributed by atoms with Crippen LogP contribution in [0.3, 0.4) is 0 Å². The molecule has 0 atom stereocenters. The van der Waals surface area contributed by atoms with Gasteiger partial charge in [0.15, 0.2) is 0 Å². The molecule has 0 N–H and O–H groups in total. The van der Waals surface area contributed by atoms with Gasteiger partial charge in [-0.05, 0) is 31.0 Å². The number of halogens is 1. The lowest BCUT2D eigenvalue weighted by Crippen LogP contribution is -2.49. The number of piperazine rings is 1. The van der Waals surface area contributed by atoms with Crippen molar-refractivity contribution in [3.8, 4) is 0 Å². The van der Waals surface area contributed by atoms with Gasteiger partial charge in [-0.25, -0.2) is 9.18 Å². The summed E-state index contributed by atoms with van der Waals surface area (Å²) in [6, 6.07) is 6.64. The standard InChI is InChI=1S/C15H21FN2O2/c1-2-20-15(19)18-11-9-17(10-12-18)8-7-13-3-5-14(16)6-4-13/h3-6H,2,7-12H2,1H3. The van der Waals surface area contributed by atoms with Crippen LogP contribution in [0.2, 0.25) is 0 Å². The molecule has 1 fully saturated rings. The van der Waals surface area contributed by atoms with E-state index in [9.17, 15) is 9.18 Å². The van der Waals surface area contributed by atoms with Crippen molar-refractivity contribution in [2.45, 2.75) is 13.3 Å². The van der Waals surface area contributed by atoms with E-state index in [0.29, 0.717) is 19.7 Å². The second kappa shape index (κ2) is 7.24. The molecule has 1 amide bonds. The summed E-state index contributed by atoms with van der Waals surface area (Å²) in [6.07, 6.45) is 0.686. The van der Waals surface area contributed by atoms with Crippen LogP contribution < -0.4 is 0 Å². The number of carbonyl (C=O) groups excluding carboxylic acids is 1. The number of hydrogen-bond donors (Lipinski definition) is 0. The Morgan fingerprint density at radius 3 is 2.45 bits per heavy atom. The van der Waals surface area contributed by atoms with Crippen LogP contribution >= 0.6 is 0 Å². The lowest BCUT2D eigenvalue weighted by molar-refractivity contribution is 0.0799. The normalized spacial score (nSPS) is 16.2. The Hall–Kier alpha value is -1.62. The van der Waals surface area contributed by atoms with Gasteiger partial charge < -0.3 is 9.64 Å². The van der Waals surface area contributed by atoms with Gasteiger partial charge in [0.1, 0.15) is 5.82 Å². The van der Waals surface area contributed by atoms with Crippen molar-refractivity contribution in [3.63, 3.8) is 0 Å². The lowest BCUT2D eigenvalue weighted by Gasteiger charge is -2.34. The molecule has 1 aromatic rings. The van der Waals surface area contributed by atoms with E-state index in [4.69, 9.17) is 4.74 Å². The van der Waals surface area contributed by atoms with Crippen LogP contribution in [0.15, 0.2) is 24.3 Å². The largest absolute Gasteiger partial charge is 0.450 e. The Bertz CT molecular complexity index is 428. The Kier molecular flexibility index (Phi) is 5.35. The van der Waals surface area contributed by atoms with Crippen molar-refractivity contribution < 1.29 is 13.9 Å². The molecule has 1 aliphatic heterocycles. The van der Waals surface area contributed by atoms with E-state index in [1.807, 2.05) is 19.1 Å². The highest BCUT2D eigenvalue weighted by Gasteiger charge is 2.21. The zero-order chi connectivity index (χ0) is 14.4. The van der Waals surface area contributed by atoms with Gasteiger partial charge in [0, 0.05) is 32.7 Å². The van der Waals surface area contributed by atoms with Crippen molar-refractivity contribution in [3.05, 3.63) is 35.6 Å². The average molecular weight is 280 g/mol. The maximum atomic E-state index is 12.8. The zero-order valence-electron chi connectivity index (χ0n) is 11.8. The number of hydrogen-bond acceptors (Lipinski definition) is 3. The van der Waals surface area contributed by atoms with E-state index in [1.165, 1.54) is 12.1 Å². The van der Waals surface area contributed by atoms with Crippen LogP contribution in [0.1, 0.15) is 12.5 Å². The van der Waals surface area contributed by atoms with Gasteiger partial charge in [0.25, 0.3) is 0 Å². The molecule has 0 aliphatic carbocycles. The Morgan fingerprint density at radius 2 is 1.85 bits per heavy atom. The second-order valence-corrected chi connectivity index (χ2v) is 4.90. The minimum absolute atomic E-state index is 0.197. The first-order chi connectivity index (χ1) is 9.69. The SMILES string of the molecule is CCOC(=O)N1CCN(CCc2ccc(F)cc2)CC1. The van der Waals surface area contributed by atoms with Crippen molar-refractivity contribution in [2.75, 3.05) is 39.3 Å². The molecule has 1 saturated heterocycles. The van der Waals surface area contributed by atoms with Gasteiger partial charge in [-0.15, -0.1) is 0 Å². The van der Waals surface area contributed by atoms with Gasteiger partial charge in [0.2, 0.25) is 0 Å². The third-order valence-corrected chi connectivity index (χ3v) is 3.53. The molecule has 1 heterocycles. The molecule has 5 heteroatoms. The third kappa shape index (κ3) is 4.20. The maximum Gasteiger partial charge on any atom is 0.409 e. The molecule has 20 heavy (non-hydrogen) atoms. The molecule has 0 bridgehead atoms. The summed E-state index contributed by atoms with van der Waals surface area (Å²) in [4.78, 5) is 15.6. The van der Waals surface area contributed by atoms with Gasteiger partial charge in [-0.2, -0.15) is 0 Å². The molecule has 110 valence electrons. The summed E-state index contributed by atoms with van der Waals surface area (Å²) in [5.41, 5.74) is 1.14. The van der Waals surface area contributed by atoms with E-state index >= 15 is 0 Å². The fourth-order valence-electron chi connectivity index (χ4n) is 2.31. The first kappa shape index (κ1) is 14.8. The summed E-state index contributed by atoms with van der Waals surface area (Å²) >= 11 is 0. The number of nitrogens with zero attached hydrogens (tertiary/aromatic N) is 2. The van der Waals surface area contributed by atoms with E-state index in [-0.39, 0.29) is 11.9 Å². The summed E-state index contributed by atoms with van der Waals surface area (Å²) in [5.74, 6) is -0.197. The molecule has 4 nitrogen and oxygen atoms in total. The van der Waals surface area contributed by atoms with Crippen molar-refractivity contribution in [2.24, 2.45) is 0 Å². The molecule has 1 aromatic carbocycles. The summed E-state index contributed by atoms with van der Waals surface area (Å²) in [7, 11) is 0. The number of amides is 1. The van der Waals surface area contributed by atoms with Crippen molar-refractivity contribution in [1.82, 2.24) is 9.80 Å². The Balaban J connectivity index is 1.72. The Labute approximate surface area is 119 Å². The molecule has 2 rings (SSSR count). The molecule has 0 spiro atoms. The van der Waals surface area contributed by atoms with Crippen molar-refractivity contribution in [1.29, 1.82) is 0 Å². The highest BCUT2D eigenvalue weighted by atomic mass is 19.1. The average Bonchev–Trinajstić information content (AvgIpc) is 2.47. The first-order valence-corrected chi connectivity index (χ1v) is 7.07. The number of benzene rings is 1. The zero-order valence-corrected chi connectivity index (χ0v) is 11.8. The minimum atomic E-state index is -0.217. The molecule has 0 saturated carbocycles. The van der Waals surface area contributed by atoms with Gasteiger partial charge in [0.05, 0.1) is 6.61 Å². The van der Waals surface area contributed by atoms with Crippen LogP contribution in [-0.4, -0.2) is 55.2 Å². The monoisotopic (exact) mass is 280 g/mol. The Morgan fingerprint density at radius 1 is 1.20 bits per heavy atom. The van der Waals surface area contributed by atoms with Crippen LogP contribution in [0.25, 0.3) is 0 Å². The van der Waals surface area contributed by atoms with E-state index in [2.05, 4.69) is 4.90 Å². The fraction of sp³-hybridized carbons (Fsp3) is 0.533. The summed E-state index contributed by atoms with van der Waals surface area (Å²) in [5, 5.41) is 0. The molecular weight excluding hydrogens is 259 g/mol. The number of carbonyl (C=O) groups is 1. The van der Waals surface area contributed by atoms with Crippen LogP contribution in [-0.2, 0) is 11.2 Å².